The number of aldehydes is 1. The Morgan fingerprint density at radius 3 is 2.61 bits per heavy atom. The van der Waals surface area contributed by atoms with Gasteiger partial charge in [0.05, 0.1) is 5.60 Å². The van der Waals surface area contributed by atoms with E-state index in [4.69, 9.17) is 9.26 Å². The van der Waals surface area contributed by atoms with E-state index in [-0.39, 0.29) is 17.3 Å². The zero-order valence-corrected chi connectivity index (χ0v) is 21.6. The lowest BCUT2D eigenvalue weighted by atomic mass is 9.83. The molecule has 1 amide bonds. The number of carbonyl (C=O) groups excluding carboxylic acids is 2. The van der Waals surface area contributed by atoms with Crippen molar-refractivity contribution in [2.24, 2.45) is 5.92 Å². The molecule has 1 saturated heterocycles. The van der Waals surface area contributed by atoms with E-state index < -0.39 is 17.2 Å². The number of amides is 1. The van der Waals surface area contributed by atoms with Gasteiger partial charge < -0.3 is 19.0 Å². The number of hydrogen-bond acceptors (Lipinski definition) is 6. The van der Waals surface area contributed by atoms with Crippen LogP contribution in [0, 0.1) is 5.92 Å². The van der Waals surface area contributed by atoms with Gasteiger partial charge in [0.25, 0.3) is 5.91 Å². The number of hydrogen-bond donors (Lipinski definition) is 1. The summed E-state index contributed by atoms with van der Waals surface area (Å²) in [5.41, 5.74) is 1.92. The van der Waals surface area contributed by atoms with Crippen LogP contribution in [-0.4, -0.2) is 46.2 Å². The molecule has 196 valence electrons. The van der Waals surface area contributed by atoms with Crippen molar-refractivity contribution >= 4 is 28.8 Å². The molecule has 0 unspecified atom stereocenters. The van der Waals surface area contributed by atoms with Crippen molar-refractivity contribution in [3.63, 3.8) is 0 Å². The number of para-hydroxylation sites is 1. The number of aromatic amines is 1. The van der Waals surface area contributed by atoms with Gasteiger partial charge in [0.15, 0.2) is 5.82 Å². The molecule has 3 heterocycles. The minimum Gasteiger partial charge on any atom is -0.376 e. The van der Waals surface area contributed by atoms with Crippen molar-refractivity contribution in [1.82, 2.24) is 14.7 Å². The number of benzene rings is 2. The molecule has 0 spiro atoms. The number of aromatic nitrogens is 3. The van der Waals surface area contributed by atoms with Gasteiger partial charge in [0.2, 0.25) is 0 Å². The maximum atomic E-state index is 14.0. The third-order valence-corrected chi connectivity index (χ3v) is 8.06. The summed E-state index contributed by atoms with van der Waals surface area (Å²) in [6, 6.07) is 17.5. The number of fused-ring (bicyclic) bond motifs is 1. The highest BCUT2D eigenvalue weighted by molar-refractivity contribution is 6.08. The molecule has 1 saturated carbocycles. The van der Waals surface area contributed by atoms with Crippen LogP contribution < -0.4 is 10.7 Å². The van der Waals surface area contributed by atoms with Crippen LogP contribution in [0.5, 0.6) is 0 Å². The zero-order valence-electron chi connectivity index (χ0n) is 21.6. The van der Waals surface area contributed by atoms with Crippen molar-refractivity contribution in [2.45, 2.75) is 50.2 Å². The molecular weight excluding hydrogens is 484 g/mol. The van der Waals surface area contributed by atoms with Crippen molar-refractivity contribution < 1.29 is 18.8 Å². The minimum absolute atomic E-state index is 0.197. The highest BCUT2D eigenvalue weighted by Crippen LogP contribution is 2.55. The lowest BCUT2D eigenvalue weighted by molar-refractivity contribution is -0.109. The summed E-state index contributed by atoms with van der Waals surface area (Å²) in [6.45, 7) is 4.92. The summed E-state index contributed by atoms with van der Waals surface area (Å²) in [4.78, 5) is 42.2. The molecule has 3 atom stereocenters. The van der Waals surface area contributed by atoms with Crippen LogP contribution in [0.25, 0.3) is 10.9 Å². The predicted molar refractivity (Wildman–Crippen MR) is 141 cm³/mol. The first-order chi connectivity index (χ1) is 18.2. The molecule has 2 fully saturated rings. The van der Waals surface area contributed by atoms with Crippen molar-refractivity contribution in [1.29, 1.82) is 0 Å². The maximum Gasteiger partial charge on any atom is 0.438 e. The van der Waals surface area contributed by atoms with Gasteiger partial charge >= 0.3 is 5.76 Å². The van der Waals surface area contributed by atoms with Crippen molar-refractivity contribution in [2.75, 3.05) is 18.6 Å². The standard InChI is InChI=1S/C29H30N4O5/c1-28(2)15-19(11-12-37-28)18-9-10-23-20(13-18)14-24(25(35)32(3)22-7-5-4-6-8-22)33(23)29(16-21(29)17-34)26-30-27(36)38-31-26/h4-10,13-14,17,19,21H,11-12,15-16H2,1-3H3,(H,30,31,36)/t19-,21+,29-/m0/s1. The number of nitrogens with zero attached hydrogens (tertiary/aromatic N) is 3. The van der Waals surface area contributed by atoms with Crippen LogP contribution in [0.1, 0.15) is 60.9 Å². The van der Waals surface area contributed by atoms with Gasteiger partial charge in [0.1, 0.15) is 17.5 Å². The van der Waals surface area contributed by atoms with Gasteiger partial charge in [-0.15, -0.1) is 0 Å². The molecule has 0 bridgehead atoms. The molecule has 2 aromatic carbocycles. The lowest BCUT2D eigenvalue weighted by Gasteiger charge is -2.35. The Morgan fingerprint density at radius 2 is 1.95 bits per heavy atom. The Morgan fingerprint density at radius 1 is 1.16 bits per heavy atom. The van der Waals surface area contributed by atoms with Gasteiger partial charge in [-0.25, -0.2) is 4.79 Å². The van der Waals surface area contributed by atoms with Gasteiger partial charge in [-0.2, -0.15) is 0 Å². The predicted octanol–water partition coefficient (Wildman–Crippen LogP) is 4.23. The van der Waals surface area contributed by atoms with Gasteiger partial charge in [-0.1, -0.05) is 29.4 Å². The van der Waals surface area contributed by atoms with Crippen LogP contribution in [0.15, 0.2) is 63.9 Å². The Bertz CT molecular complexity index is 1580. The van der Waals surface area contributed by atoms with Crippen molar-refractivity contribution in [3.8, 4) is 0 Å². The number of nitrogens with one attached hydrogen (secondary N) is 1. The van der Waals surface area contributed by atoms with E-state index in [1.54, 1.807) is 11.9 Å². The minimum atomic E-state index is -1.01. The van der Waals surface area contributed by atoms with E-state index in [9.17, 15) is 14.4 Å². The second kappa shape index (κ2) is 8.80. The number of carbonyl (C=O) groups is 2. The SMILES string of the molecule is CN(C(=O)c1cc2cc([C@H]3CCOC(C)(C)C3)ccc2n1[C@@]1(c2noc(=O)[nH]2)C[C@@H]1C=O)c1ccccc1. The molecule has 38 heavy (non-hydrogen) atoms. The van der Waals surface area contributed by atoms with E-state index in [0.717, 1.165) is 35.7 Å². The summed E-state index contributed by atoms with van der Waals surface area (Å²) in [7, 11) is 1.73. The average Bonchev–Trinajstić information content (AvgIpc) is 3.26. The van der Waals surface area contributed by atoms with Crippen LogP contribution in [-0.2, 0) is 15.1 Å². The lowest BCUT2D eigenvalue weighted by Crippen LogP contribution is -2.33. The first kappa shape index (κ1) is 24.4. The second-order valence-corrected chi connectivity index (χ2v) is 11.0. The van der Waals surface area contributed by atoms with E-state index in [1.807, 2.05) is 47.0 Å². The van der Waals surface area contributed by atoms with E-state index in [1.165, 1.54) is 5.56 Å². The molecule has 9 heteroatoms. The molecular formula is C29H30N4O5. The Balaban J connectivity index is 1.52. The maximum absolute atomic E-state index is 14.0. The number of anilines is 1. The van der Waals surface area contributed by atoms with Crippen molar-refractivity contribution in [3.05, 3.63) is 82.2 Å². The summed E-state index contributed by atoms with van der Waals surface area (Å²) < 4.78 is 12.6. The second-order valence-electron chi connectivity index (χ2n) is 11.0. The fourth-order valence-electron chi connectivity index (χ4n) is 6.02. The zero-order chi connectivity index (χ0) is 26.7. The summed E-state index contributed by atoms with van der Waals surface area (Å²) in [5, 5.41) is 4.85. The Labute approximate surface area is 219 Å². The quantitative estimate of drug-likeness (QED) is 0.386. The Hall–Kier alpha value is -3.98. The summed E-state index contributed by atoms with van der Waals surface area (Å²) >= 11 is 0. The normalized spacial score (nSPS) is 24.3. The van der Waals surface area contributed by atoms with Gasteiger partial charge in [0, 0.05) is 36.2 Å². The molecule has 4 aromatic rings. The molecule has 1 N–H and O–H groups in total. The average molecular weight is 515 g/mol. The Kier molecular flexibility index (Phi) is 5.64. The topological polar surface area (TPSA) is 110 Å². The number of rotatable bonds is 6. The summed E-state index contributed by atoms with van der Waals surface area (Å²) in [5.74, 6) is -0.830. The highest BCUT2D eigenvalue weighted by Gasteiger charge is 2.61. The van der Waals surface area contributed by atoms with E-state index in [0.29, 0.717) is 24.6 Å². The first-order valence-corrected chi connectivity index (χ1v) is 12.9. The van der Waals surface area contributed by atoms with Gasteiger partial charge in [-0.05, 0) is 74.9 Å². The van der Waals surface area contributed by atoms with Crippen LogP contribution in [0.4, 0.5) is 5.69 Å². The van der Waals surface area contributed by atoms with Gasteiger partial charge in [-0.3, -0.25) is 14.3 Å². The van der Waals surface area contributed by atoms with Crippen LogP contribution in [0.3, 0.4) is 0 Å². The molecule has 2 aliphatic rings. The molecule has 9 nitrogen and oxygen atoms in total. The summed E-state index contributed by atoms with van der Waals surface area (Å²) in [6.07, 6.45) is 3.08. The monoisotopic (exact) mass is 514 g/mol. The largest absolute Gasteiger partial charge is 0.438 e. The fourth-order valence-corrected chi connectivity index (χ4v) is 6.02. The van der Waals surface area contributed by atoms with E-state index >= 15 is 0 Å². The van der Waals surface area contributed by atoms with Crippen LogP contribution in [0.2, 0.25) is 0 Å². The number of ether oxygens (including phenoxy) is 1. The molecule has 1 aliphatic heterocycles. The molecule has 2 aromatic heterocycles. The fraction of sp³-hybridized carbons (Fsp3) is 0.379. The molecule has 0 radical (unpaired) electrons. The highest BCUT2D eigenvalue weighted by atomic mass is 16.5. The third kappa shape index (κ3) is 3.89. The third-order valence-electron chi connectivity index (χ3n) is 8.06. The van der Waals surface area contributed by atoms with E-state index in [2.05, 4.69) is 36.1 Å². The molecule has 6 rings (SSSR count). The first-order valence-electron chi connectivity index (χ1n) is 12.9. The number of H-pyrrole nitrogens is 1. The molecule has 1 aliphatic carbocycles. The smallest absolute Gasteiger partial charge is 0.376 e. The van der Waals surface area contributed by atoms with Crippen LogP contribution >= 0.6 is 0 Å².